The molecule has 0 spiro atoms. The van der Waals surface area contributed by atoms with Crippen LogP contribution in [-0.2, 0) is 0 Å². The Balaban J connectivity index is 1.63. The molecule has 0 saturated carbocycles. The number of piperazine rings is 1. The molecule has 0 unspecified atom stereocenters. The highest BCUT2D eigenvalue weighted by Crippen LogP contribution is 2.29. The fraction of sp³-hybridized carbons (Fsp3) is 0.562. The zero-order chi connectivity index (χ0) is 13.9. The van der Waals surface area contributed by atoms with E-state index in [1.807, 2.05) is 0 Å². The van der Waals surface area contributed by atoms with E-state index in [0.29, 0.717) is 0 Å². The van der Waals surface area contributed by atoms with E-state index in [2.05, 4.69) is 52.3 Å². The van der Waals surface area contributed by atoms with Gasteiger partial charge >= 0.3 is 0 Å². The minimum Gasteiger partial charge on any atom is -0.353 e. The first-order valence-corrected chi connectivity index (χ1v) is 8.33. The van der Waals surface area contributed by atoms with Crippen LogP contribution in [0.15, 0.2) is 24.3 Å². The molecule has 0 bridgehead atoms. The smallest absolute Gasteiger partial charge is 0.150 e. The molecule has 1 aromatic carbocycles. The fourth-order valence-corrected chi connectivity index (χ4v) is 3.52. The molecule has 0 aliphatic carbocycles. The zero-order valence-electron chi connectivity index (χ0n) is 12.4. The van der Waals surface area contributed by atoms with Gasteiger partial charge in [0.15, 0.2) is 0 Å². The number of fused-ring (bicyclic) bond motifs is 1. The molecule has 1 aliphatic heterocycles. The Morgan fingerprint density at radius 3 is 2.65 bits per heavy atom. The predicted octanol–water partition coefficient (Wildman–Crippen LogP) is 3.46. The lowest BCUT2D eigenvalue weighted by Crippen LogP contribution is -2.47. The summed E-state index contributed by atoms with van der Waals surface area (Å²) in [6.07, 6.45) is 1.31. The fourth-order valence-electron chi connectivity index (χ4n) is 2.72. The maximum absolute atomic E-state index is 4.67. The van der Waals surface area contributed by atoms with Crippen LogP contribution < -0.4 is 4.90 Å². The molecule has 108 valence electrons. The van der Waals surface area contributed by atoms with Crippen LogP contribution >= 0.6 is 11.5 Å². The average Bonchev–Trinajstić information content (AvgIpc) is 2.89. The Hall–Kier alpha value is -1.13. The van der Waals surface area contributed by atoms with E-state index in [1.54, 1.807) is 11.5 Å². The summed E-state index contributed by atoms with van der Waals surface area (Å²) in [6, 6.07) is 8.56. The standard InChI is InChI=1S/C16H23N3S/c1-13(2)7-8-18-9-11-19(12-10-18)16-14-5-3-4-6-15(14)20-17-16/h3-6,13H,7-12H2,1-2H3. The van der Waals surface area contributed by atoms with Crippen LogP contribution in [0.4, 0.5) is 5.82 Å². The summed E-state index contributed by atoms with van der Waals surface area (Å²) < 4.78 is 5.96. The summed E-state index contributed by atoms with van der Waals surface area (Å²) in [4.78, 5) is 5.04. The molecule has 4 heteroatoms. The summed E-state index contributed by atoms with van der Waals surface area (Å²) >= 11 is 1.62. The quantitative estimate of drug-likeness (QED) is 0.859. The first-order chi connectivity index (χ1) is 9.74. The largest absolute Gasteiger partial charge is 0.353 e. The van der Waals surface area contributed by atoms with E-state index in [9.17, 15) is 0 Å². The van der Waals surface area contributed by atoms with Gasteiger partial charge in [0.1, 0.15) is 5.82 Å². The van der Waals surface area contributed by atoms with Crippen molar-refractivity contribution in [2.24, 2.45) is 5.92 Å². The minimum atomic E-state index is 0.801. The highest BCUT2D eigenvalue weighted by atomic mass is 32.1. The van der Waals surface area contributed by atoms with E-state index in [-0.39, 0.29) is 0 Å². The number of hydrogen-bond donors (Lipinski definition) is 0. The van der Waals surface area contributed by atoms with Crippen molar-refractivity contribution in [3.8, 4) is 0 Å². The van der Waals surface area contributed by atoms with Crippen LogP contribution in [-0.4, -0.2) is 42.0 Å². The summed E-state index contributed by atoms with van der Waals surface area (Å²) in [5.74, 6) is 1.99. The van der Waals surface area contributed by atoms with Crippen molar-refractivity contribution in [1.29, 1.82) is 0 Å². The van der Waals surface area contributed by atoms with Crippen LogP contribution in [0.3, 0.4) is 0 Å². The number of benzene rings is 1. The van der Waals surface area contributed by atoms with E-state index in [1.165, 1.54) is 42.0 Å². The van der Waals surface area contributed by atoms with Crippen molar-refractivity contribution in [3.05, 3.63) is 24.3 Å². The molecule has 1 saturated heterocycles. The molecule has 2 heterocycles. The SMILES string of the molecule is CC(C)CCN1CCN(c2nsc3ccccc23)CC1. The molecule has 0 N–H and O–H groups in total. The molecule has 0 radical (unpaired) electrons. The average molecular weight is 289 g/mol. The van der Waals surface area contributed by atoms with Crippen molar-refractivity contribution in [3.63, 3.8) is 0 Å². The Bertz CT molecular complexity index is 556. The van der Waals surface area contributed by atoms with Gasteiger partial charge in [-0.15, -0.1) is 0 Å². The lowest BCUT2D eigenvalue weighted by molar-refractivity contribution is 0.243. The molecule has 20 heavy (non-hydrogen) atoms. The van der Waals surface area contributed by atoms with E-state index < -0.39 is 0 Å². The maximum Gasteiger partial charge on any atom is 0.150 e. The third-order valence-corrected chi connectivity index (χ3v) is 4.87. The molecule has 2 aromatic rings. The maximum atomic E-state index is 4.67. The number of hydrogen-bond acceptors (Lipinski definition) is 4. The second-order valence-corrected chi connectivity index (χ2v) is 6.82. The van der Waals surface area contributed by atoms with Crippen LogP contribution in [0.25, 0.3) is 10.1 Å². The Labute approximate surface area is 125 Å². The third-order valence-electron chi connectivity index (χ3n) is 4.05. The van der Waals surface area contributed by atoms with E-state index in [4.69, 9.17) is 0 Å². The van der Waals surface area contributed by atoms with Gasteiger partial charge in [-0.2, -0.15) is 4.37 Å². The van der Waals surface area contributed by atoms with Gasteiger partial charge in [-0.05, 0) is 42.5 Å². The first-order valence-electron chi connectivity index (χ1n) is 7.56. The molecule has 1 aromatic heterocycles. The number of nitrogens with zero attached hydrogens (tertiary/aromatic N) is 3. The zero-order valence-corrected chi connectivity index (χ0v) is 13.2. The molecule has 3 rings (SSSR count). The van der Waals surface area contributed by atoms with Crippen molar-refractivity contribution < 1.29 is 0 Å². The minimum absolute atomic E-state index is 0.801. The van der Waals surface area contributed by atoms with E-state index >= 15 is 0 Å². The van der Waals surface area contributed by atoms with Crippen LogP contribution in [0, 0.1) is 5.92 Å². The van der Waals surface area contributed by atoms with E-state index in [0.717, 1.165) is 19.0 Å². The molecule has 1 fully saturated rings. The normalized spacial score (nSPS) is 17.2. The molecule has 3 nitrogen and oxygen atoms in total. The number of aromatic nitrogens is 1. The lowest BCUT2D eigenvalue weighted by atomic mass is 10.1. The highest BCUT2D eigenvalue weighted by Gasteiger charge is 2.20. The molecule has 1 aliphatic rings. The van der Waals surface area contributed by atoms with Crippen LogP contribution in [0.5, 0.6) is 0 Å². The van der Waals surface area contributed by atoms with Crippen molar-refractivity contribution in [2.45, 2.75) is 20.3 Å². The molecular weight excluding hydrogens is 266 g/mol. The summed E-state index contributed by atoms with van der Waals surface area (Å²) in [6.45, 7) is 10.4. The Kier molecular flexibility index (Phi) is 4.22. The number of anilines is 1. The van der Waals surface area contributed by atoms with Gasteiger partial charge in [-0.1, -0.05) is 26.0 Å². The van der Waals surface area contributed by atoms with Crippen LogP contribution in [0.1, 0.15) is 20.3 Å². The van der Waals surface area contributed by atoms with Gasteiger partial charge < -0.3 is 4.90 Å². The molecule has 0 atom stereocenters. The second kappa shape index (κ2) is 6.10. The van der Waals surface area contributed by atoms with Gasteiger partial charge in [0.2, 0.25) is 0 Å². The Morgan fingerprint density at radius 2 is 1.90 bits per heavy atom. The van der Waals surface area contributed by atoms with Crippen molar-refractivity contribution >= 4 is 27.4 Å². The van der Waals surface area contributed by atoms with Crippen molar-refractivity contribution in [1.82, 2.24) is 9.27 Å². The van der Waals surface area contributed by atoms with Gasteiger partial charge in [0, 0.05) is 31.6 Å². The van der Waals surface area contributed by atoms with Gasteiger partial charge in [-0.25, -0.2) is 0 Å². The number of rotatable bonds is 4. The van der Waals surface area contributed by atoms with Crippen LogP contribution in [0.2, 0.25) is 0 Å². The third kappa shape index (κ3) is 2.96. The second-order valence-electron chi connectivity index (χ2n) is 6.01. The highest BCUT2D eigenvalue weighted by molar-refractivity contribution is 7.13. The first kappa shape index (κ1) is 13.8. The van der Waals surface area contributed by atoms with Gasteiger partial charge in [-0.3, -0.25) is 4.90 Å². The molecular formula is C16H23N3S. The lowest BCUT2D eigenvalue weighted by Gasteiger charge is -2.35. The molecule has 0 amide bonds. The summed E-state index contributed by atoms with van der Waals surface area (Å²) in [5, 5.41) is 1.31. The van der Waals surface area contributed by atoms with Crippen molar-refractivity contribution in [2.75, 3.05) is 37.6 Å². The Morgan fingerprint density at radius 1 is 1.15 bits per heavy atom. The van der Waals surface area contributed by atoms with Gasteiger partial charge in [0.25, 0.3) is 0 Å². The summed E-state index contributed by atoms with van der Waals surface area (Å²) in [7, 11) is 0. The summed E-state index contributed by atoms with van der Waals surface area (Å²) in [5.41, 5.74) is 0. The predicted molar refractivity (Wildman–Crippen MR) is 87.7 cm³/mol. The van der Waals surface area contributed by atoms with Gasteiger partial charge in [0.05, 0.1) is 4.70 Å². The topological polar surface area (TPSA) is 19.4 Å². The monoisotopic (exact) mass is 289 g/mol.